The summed E-state index contributed by atoms with van der Waals surface area (Å²) < 4.78 is 103. The Labute approximate surface area is 623 Å². The number of carbonyl (C=O) groups excluding carboxylic acids is 5. The van der Waals surface area contributed by atoms with Gasteiger partial charge in [0.15, 0.2) is 43.3 Å². The van der Waals surface area contributed by atoms with Gasteiger partial charge < -0.3 is 71.1 Å². The average Bonchev–Trinajstić information content (AvgIpc) is 0.763. The van der Waals surface area contributed by atoms with Gasteiger partial charge >= 0.3 is 29.8 Å². The predicted octanol–water partition coefficient (Wildman–Crippen LogP) is 14.0. The lowest BCUT2D eigenvalue weighted by atomic mass is 9.95. The van der Waals surface area contributed by atoms with Crippen molar-refractivity contribution in [1.82, 2.24) is 0 Å². The van der Waals surface area contributed by atoms with Crippen LogP contribution in [0, 0.1) is 0 Å². The Hall–Kier alpha value is -9.85. The average molecular weight is 1470 g/mol. The van der Waals surface area contributed by atoms with Crippen molar-refractivity contribution in [3.8, 4) is 0 Å². The summed E-state index contributed by atoms with van der Waals surface area (Å²) in [6, 6.07) is 80.0. The lowest BCUT2D eigenvalue weighted by molar-refractivity contribution is -0.379. The van der Waals surface area contributed by atoms with Gasteiger partial charge in [0.25, 0.3) is 0 Å². The first-order valence-corrected chi connectivity index (χ1v) is 39.6. The largest absolute Gasteiger partial charge is 0.459 e. The topological polar surface area (TPSA) is 224 Å². The number of hydrogen-bond acceptors (Lipinski definition) is 20. The molecule has 3 fully saturated rings. The van der Waals surface area contributed by atoms with Crippen molar-refractivity contribution in [2.75, 3.05) is 19.8 Å². The molecule has 107 heavy (non-hydrogen) atoms. The van der Waals surface area contributed by atoms with E-state index in [0.29, 0.717) is 6.04 Å². The van der Waals surface area contributed by atoms with Crippen LogP contribution < -0.4 is 0 Å². The van der Waals surface area contributed by atoms with E-state index in [2.05, 4.69) is 19.6 Å². The molecule has 21 heteroatoms. The smallest absolute Gasteiger partial charge is 0.338 e. The number of hydrogen-bond donors (Lipinski definition) is 0. The maximum atomic E-state index is 15.2. The molecule has 15 atom stereocenters. The van der Waals surface area contributed by atoms with E-state index in [1.807, 2.05) is 121 Å². The van der Waals surface area contributed by atoms with E-state index in [1.54, 1.807) is 159 Å². The summed E-state index contributed by atoms with van der Waals surface area (Å²) in [4.78, 5) is 74.3. The lowest BCUT2D eigenvalue weighted by Crippen LogP contribution is -2.68. The molecule has 3 aliphatic heterocycles. The Morgan fingerprint density at radius 1 is 0.308 bits per heavy atom. The third kappa shape index (κ3) is 21.5. The normalized spacial score (nSPS) is 24.2. The van der Waals surface area contributed by atoms with Crippen LogP contribution in [0.5, 0.6) is 0 Å². The summed E-state index contributed by atoms with van der Waals surface area (Å²) in [5.74, 6) is -4.29. The molecule has 0 saturated carbocycles. The minimum absolute atomic E-state index is 0.0179. The molecule has 3 saturated heterocycles. The standard InChI is InChI=1S/C86H88O20Si/c1-58-70(105-85-76(96-55-62-38-20-8-21-39-62)73(95-54-61-36-18-7-19-37-61)71(94-53-60-34-16-6-17-35-60)68(100-85)56-92-52-59-32-14-5-15-33-59)74(101-80(88)64-42-24-10-25-43-64)78(104-83(91)67-48-30-13-31-49-67)86(98-58)106-72-69(57-97-79(87)63-40-22-9-23-41-63)99-84(93-50-51-107(2,3)4)77(103-82(90)66-46-28-12-29-47-66)75(72)102-81(89)65-44-26-11-27-45-65/h5-49,58,68-78,84-86H,50-57H2,1-4H3/t58-,68-,69-,70+,71+,72-,73+,74+,75+,76-,77-,78-,84-,85-,86+/m1/s1. The maximum absolute atomic E-state index is 15.2. The van der Waals surface area contributed by atoms with Crippen molar-refractivity contribution in [3.63, 3.8) is 0 Å². The molecule has 3 heterocycles. The van der Waals surface area contributed by atoms with Crippen molar-refractivity contribution in [1.29, 1.82) is 0 Å². The van der Waals surface area contributed by atoms with E-state index in [9.17, 15) is 14.4 Å². The first-order chi connectivity index (χ1) is 52.2. The van der Waals surface area contributed by atoms with Gasteiger partial charge in [0, 0.05) is 14.7 Å². The molecule has 0 N–H and O–H groups in total. The molecular formula is C86H88O20Si. The Bertz CT molecular complexity index is 4210. The maximum Gasteiger partial charge on any atom is 0.338 e. The highest BCUT2D eigenvalue weighted by atomic mass is 28.3. The molecule has 0 radical (unpaired) electrons. The second-order valence-corrected chi connectivity index (χ2v) is 33.0. The van der Waals surface area contributed by atoms with Crippen LogP contribution in [0.1, 0.15) is 81.0 Å². The van der Waals surface area contributed by atoms with Crippen LogP contribution in [0.4, 0.5) is 0 Å². The number of esters is 5. The number of carbonyl (C=O) groups is 5. The fraction of sp³-hybridized carbons (Fsp3) is 0.314. The Kier molecular flexibility index (Phi) is 27.3. The van der Waals surface area contributed by atoms with Gasteiger partial charge in [-0.1, -0.05) is 232 Å². The molecular weight excluding hydrogens is 1380 g/mol. The van der Waals surface area contributed by atoms with E-state index >= 15 is 9.59 Å². The summed E-state index contributed by atoms with van der Waals surface area (Å²) in [6.45, 7) is 7.99. The van der Waals surface area contributed by atoms with Gasteiger partial charge in [-0.05, 0) is 95.9 Å². The van der Waals surface area contributed by atoms with E-state index in [0.717, 1.165) is 22.3 Å². The van der Waals surface area contributed by atoms with Crippen LogP contribution >= 0.6 is 0 Å². The minimum atomic E-state index is -1.88. The second-order valence-electron chi connectivity index (χ2n) is 27.4. The zero-order valence-electron chi connectivity index (χ0n) is 60.0. The minimum Gasteiger partial charge on any atom is -0.459 e. The molecule has 12 rings (SSSR count). The van der Waals surface area contributed by atoms with Crippen LogP contribution in [0.3, 0.4) is 0 Å². The third-order valence-corrected chi connectivity index (χ3v) is 20.0. The van der Waals surface area contributed by atoms with Crippen molar-refractivity contribution < 1.29 is 95.0 Å². The van der Waals surface area contributed by atoms with Crippen molar-refractivity contribution >= 4 is 37.9 Å². The summed E-state index contributed by atoms with van der Waals surface area (Å²) >= 11 is 0. The van der Waals surface area contributed by atoms with Gasteiger partial charge in [-0.15, -0.1) is 0 Å². The Balaban J connectivity index is 0.989. The quantitative estimate of drug-likeness (QED) is 0.0217. The summed E-state index contributed by atoms with van der Waals surface area (Å²) in [5, 5.41) is 0. The van der Waals surface area contributed by atoms with Crippen LogP contribution in [0.25, 0.3) is 0 Å². The van der Waals surface area contributed by atoms with E-state index in [4.69, 9.17) is 71.1 Å². The Morgan fingerprint density at radius 2 is 0.626 bits per heavy atom. The second kappa shape index (κ2) is 38.1. The highest BCUT2D eigenvalue weighted by Crippen LogP contribution is 2.40. The number of rotatable bonds is 32. The predicted molar refractivity (Wildman–Crippen MR) is 396 cm³/mol. The lowest BCUT2D eigenvalue weighted by Gasteiger charge is -2.50. The van der Waals surface area contributed by atoms with E-state index in [-0.39, 0.29) is 67.5 Å². The molecule has 20 nitrogen and oxygen atoms in total. The van der Waals surface area contributed by atoms with Gasteiger partial charge in [0.05, 0.1) is 67.0 Å². The summed E-state index contributed by atoms with van der Waals surface area (Å²) in [5.41, 5.74) is 4.03. The molecule has 9 aromatic carbocycles. The fourth-order valence-corrected chi connectivity index (χ4v) is 13.4. The van der Waals surface area contributed by atoms with Gasteiger partial charge in [-0.2, -0.15) is 0 Å². The number of ether oxygens (including phenoxy) is 15. The monoisotopic (exact) mass is 1470 g/mol. The Morgan fingerprint density at radius 3 is 1.05 bits per heavy atom. The molecule has 0 aliphatic carbocycles. The van der Waals surface area contributed by atoms with Crippen LogP contribution in [-0.4, -0.2) is 150 Å². The van der Waals surface area contributed by atoms with Gasteiger partial charge in [-0.3, -0.25) is 0 Å². The fourth-order valence-electron chi connectivity index (χ4n) is 12.6. The first-order valence-electron chi connectivity index (χ1n) is 35.9. The summed E-state index contributed by atoms with van der Waals surface area (Å²) in [6.07, 6.45) is -21.9. The molecule has 556 valence electrons. The third-order valence-electron chi connectivity index (χ3n) is 18.3. The molecule has 0 amide bonds. The van der Waals surface area contributed by atoms with Crippen molar-refractivity contribution in [2.45, 2.75) is 151 Å². The SMILES string of the molecule is C[C@H]1O[C@@H](O[C@H]2[C@H](OC(=O)c3ccccc3)[C@@H](OC(=O)c3ccccc3)[C@H](OCC[Si](C)(C)C)O[C@@H]2COC(=O)c2ccccc2)[C@H](OC(=O)c2ccccc2)[C@@H](OC(=O)c2ccccc2)[C@H]1O[C@H]1O[C@H](COCc2ccccc2)[C@H](OCc2ccccc2)[C@H](OCc2ccccc2)[C@H]1OCc1ccccc1. The summed E-state index contributed by atoms with van der Waals surface area (Å²) in [7, 11) is -1.86. The van der Waals surface area contributed by atoms with Crippen LogP contribution in [0.15, 0.2) is 273 Å². The van der Waals surface area contributed by atoms with Gasteiger partial charge in [0.1, 0.15) is 49.3 Å². The zero-order valence-corrected chi connectivity index (χ0v) is 61.0. The van der Waals surface area contributed by atoms with E-state index in [1.165, 1.54) is 0 Å². The van der Waals surface area contributed by atoms with Crippen LogP contribution in [-0.2, 0) is 97.5 Å². The molecule has 0 aromatic heterocycles. The van der Waals surface area contributed by atoms with Gasteiger partial charge in [0.2, 0.25) is 0 Å². The van der Waals surface area contributed by atoms with E-state index < -0.39 is 137 Å². The molecule has 0 spiro atoms. The zero-order chi connectivity index (χ0) is 74.3. The molecule has 9 aromatic rings. The molecule has 0 bridgehead atoms. The van der Waals surface area contributed by atoms with Crippen molar-refractivity contribution in [2.24, 2.45) is 0 Å². The van der Waals surface area contributed by atoms with Gasteiger partial charge in [-0.25, -0.2) is 24.0 Å². The molecule has 3 aliphatic rings. The molecule has 0 unspecified atom stereocenters. The highest BCUT2D eigenvalue weighted by molar-refractivity contribution is 6.76. The van der Waals surface area contributed by atoms with Crippen molar-refractivity contribution in [3.05, 3.63) is 323 Å². The first kappa shape index (κ1) is 76.8. The highest BCUT2D eigenvalue weighted by Gasteiger charge is 2.59. The number of benzene rings is 9. The van der Waals surface area contributed by atoms with Crippen LogP contribution in [0.2, 0.25) is 25.7 Å².